The molecule has 168 valence electrons. The van der Waals surface area contributed by atoms with Crippen LogP contribution in [0.5, 0.6) is 0 Å². The highest BCUT2D eigenvalue weighted by Crippen LogP contribution is 2.27. The van der Waals surface area contributed by atoms with Crippen molar-refractivity contribution in [3.8, 4) is 0 Å². The van der Waals surface area contributed by atoms with E-state index in [1.165, 1.54) is 51.4 Å². The Kier molecular flexibility index (Phi) is 12.6. The third-order valence-corrected chi connectivity index (χ3v) is 5.85. The second-order valence-corrected chi connectivity index (χ2v) is 9.01. The zero-order valence-electron chi connectivity index (χ0n) is 16.8. The summed E-state index contributed by atoms with van der Waals surface area (Å²) in [5, 5.41) is 0. The molecule has 1 saturated heterocycles. The van der Waals surface area contributed by atoms with Gasteiger partial charge in [0.15, 0.2) is 0 Å². The van der Waals surface area contributed by atoms with E-state index in [0.29, 0.717) is 26.1 Å². The van der Waals surface area contributed by atoms with Crippen LogP contribution in [0, 0.1) is 0 Å². The van der Waals surface area contributed by atoms with Crippen LogP contribution in [0.2, 0.25) is 0 Å². The first-order valence-corrected chi connectivity index (χ1v) is 11.9. The molecule has 0 unspecified atom stereocenters. The van der Waals surface area contributed by atoms with Gasteiger partial charge < -0.3 is 9.47 Å². The molecule has 0 aliphatic carbocycles. The van der Waals surface area contributed by atoms with E-state index < -0.39 is 28.3 Å². The summed E-state index contributed by atoms with van der Waals surface area (Å²) < 4.78 is 73.4. The minimum Gasteiger partial charge on any atom is -0.379 e. The molecule has 5 nitrogen and oxygen atoms in total. The predicted octanol–water partition coefficient (Wildman–Crippen LogP) is 5.34. The summed E-state index contributed by atoms with van der Waals surface area (Å²) in [6.45, 7) is 2.62. The fraction of sp³-hybridized carbons (Fsp3) is 1.00. The van der Waals surface area contributed by atoms with Gasteiger partial charge in [0.1, 0.15) is 0 Å². The monoisotopic (exact) mass is 432 g/mol. The normalized spacial score (nSPS) is 20.7. The van der Waals surface area contributed by atoms with Crippen LogP contribution in [0.3, 0.4) is 0 Å². The number of halogens is 3. The number of unbranched alkanes of at least 4 members (excludes halogenated alkanes) is 9. The van der Waals surface area contributed by atoms with Crippen LogP contribution in [-0.4, -0.2) is 46.0 Å². The van der Waals surface area contributed by atoms with Gasteiger partial charge in [-0.15, -0.1) is 0 Å². The summed E-state index contributed by atoms with van der Waals surface area (Å²) in [7, 11) is -5.55. The lowest BCUT2D eigenvalue weighted by Gasteiger charge is -2.15. The van der Waals surface area contributed by atoms with E-state index in [4.69, 9.17) is 9.47 Å². The Hall–Kier alpha value is -0.380. The summed E-state index contributed by atoms with van der Waals surface area (Å²) >= 11 is 0. The van der Waals surface area contributed by atoms with Crippen LogP contribution in [-0.2, 0) is 23.8 Å². The first-order chi connectivity index (χ1) is 13.3. The average molecular weight is 433 g/mol. The molecule has 1 fully saturated rings. The topological polar surface area (TPSA) is 61.8 Å². The molecule has 0 aromatic carbocycles. The zero-order valence-corrected chi connectivity index (χ0v) is 17.7. The van der Waals surface area contributed by atoms with Crippen LogP contribution in [0.25, 0.3) is 0 Å². The van der Waals surface area contributed by atoms with Crippen molar-refractivity contribution < 1.29 is 35.2 Å². The molecule has 1 rings (SSSR count). The van der Waals surface area contributed by atoms with Gasteiger partial charge in [0.25, 0.3) is 0 Å². The second kappa shape index (κ2) is 13.8. The molecular formula is C19H35F3O5S. The molecule has 0 spiro atoms. The maximum Gasteiger partial charge on any atom is 0.523 e. The molecule has 1 heterocycles. The number of rotatable bonds is 16. The number of hydrogen-bond donors (Lipinski definition) is 0. The standard InChI is InChI=1S/C19H35F3O5S/c1-2-3-4-5-6-7-8-9-10-11-14-25-15-17-12-13-18(27-17)16-26-28(23,24)19(20,21)22/h17-18H,2-16H2,1H3/t17-,18-/m0/s1. The molecule has 0 aromatic rings. The molecule has 0 saturated carbocycles. The smallest absolute Gasteiger partial charge is 0.379 e. The molecule has 1 aliphatic rings. The van der Waals surface area contributed by atoms with Crippen LogP contribution < -0.4 is 0 Å². The first kappa shape index (κ1) is 25.7. The Labute approximate surface area is 167 Å². The number of ether oxygens (including phenoxy) is 2. The van der Waals surface area contributed by atoms with Crippen LogP contribution in [0.4, 0.5) is 13.2 Å². The highest BCUT2D eigenvalue weighted by molar-refractivity contribution is 7.87. The third kappa shape index (κ3) is 11.0. The number of alkyl halides is 3. The van der Waals surface area contributed by atoms with E-state index >= 15 is 0 Å². The summed E-state index contributed by atoms with van der Waals surface area (Å²) in [4.78, 5) is 0. The minimum absolute atomic E-state index is 0.217. The van der Waals surface area contributed by atoms with E-state index in [1.54, 1.807) is 0 Å². The van der Waals surface area contributed by atoms with E-state index in [-0.39, 0.29) is 6.10 Å². The van der Waals surface area contributed by atoms with Crippen molar-refractivity contribution in [1.29, 1.82) is 0 Å². The molecule has 0 N–H and O–H groups in total. The van der Waals surface area contributed by atoms with Gasteiger partial charge in [-0.25, -0.2) is 0 Å². The molecular weight excluding hydrogens is 397 g/mol. The number of hydrogen-bond acceptors (Lipinski definition) is 5. The van der Waals surface area contributed by atoms with Crippen molar-refractivity contribution in [3.63, 3.8) is 0 Å². The third-order valence-electron chi connectivity index (χ3n) is 4.83. The largest absolute Gasteiger partial charge is 0.523 e. The Morgan fingerprint density at radius 1 is 0.857 bits per heavy atom. The highest BCUT2D eigenvalue weighted by Gasteiger charge is 2.47. The van der Waals surface area contributed by atoms with Gasteiger partial charge in [-0.1, -0.05) is 64.7 Å². The molecule has 0 radical (unpaired) electrons. The Morgan fingerprint density at radius 3 is 1.89 bits per heavy atom. The van der Waals surface area contributed by atoms with Crippen molar-refractivity contribution in [2.45, 2.75) is 102 Å². The van der Waals surface area contributed by atoms with Crippen molar-refractivity contribution >= 4 is 10.1 Å². The van der Waals surface area contributed by atoms with Gasteiger partial charge >= 0.3 is 15.6 Å². The van der Waals surface area contributed by atoms with Gasteiger partial charge in [-0.05, 0) is 19.3 Å². The van der Waals surface area contributed by atoms with Crippen LogP contribution in [0.15, 0.2) is 0 Å². The maximum atomic E-state index is 12.2. The fourth-order valence-electron chi connectivity index (χ4n) is 3.16. The summed E-state index contributed by atoms with van der Waals surface area (Å²) in [5.41, 5.74) is -5.40. The lowest BCUT2D eigenvalue weighted by molar-refractivity contribution is -0.0613. The van der Waals surface area contributed by atoms with E-state index in [2.05, 4.69) is 11.1 Å². The van der Waals surface area contributed by atoms with Gasteiger partial charge in [0.05, 0.1) is 25.4 Å². The average Bonchev–Trinajstić information content (AvgIpc) is 3.08. The quantitative estimate of drug-likeness (QED) is 0.187. The first-order valence-electron chi connectivity index (χ1n) is 10.4. The predicted molar refractivity (Wildman–Crippen MR) is 101 cm³/mol. The Balaban J connectivity index is 1.95. The lowest BCUT2D eigenvalue weighted by Crippen LogP contribution is -2.29. The van der Waals surface area contributed by atoms with Gasteiger partial charge in [0, 0.05) is 6.61 Å². The SMILES string of the molecule is CCCCCCCCCCCCOC[C@@H]1CC[C@@H](COS(=O)(=O)C(F)(F)F)O1. The van der Waals surface area contributed by atoms with Crippen molar-refractivity contribution in [1.82, 2.24) is 0 Å². The molecule has 2 atom stereocenters. The minimum atomic E-state index is -5.55. The second-order valence-electron chi connectivity index (χ2n) is 7.40. The van der Waals surface area contributed by atoms with Gasteiger partial charge in [0.2, 0.25) is 0 Å². The summed E-state index contributed by atoms with van der Waals surface area (Å²) in [6.07, 6.45) is 12.7. The Morgan fingerprint density at radius 2 is 1.36 bits per heavy atom. The van der Waals surface area contributed by atoms with Crippen molar-refractivity contribution in [2.75, 3.05) is 19.8 Å². The van der Waals surface area contributed by atoms with E-state index in [9.17, 15) is 21.6 Å². The molecule has 1 aliphatic heterocycles. The van der Waals surface area contributed by atoms with Crippen LogP contribution >= 0.6 is 0 Å². The zero-order chi connectivity index (χ0) is 20.9. The van der Waals surface area contributed by atoms with Crippen LogP contribution in [0.1, 0.15) is 84.0 Å². The van der Waals surface area contributed by atoms with Crippen molar-refractivity contribution in [2.24, 2.45) is 0 Å². The van der Waals surface area contributed by atoms with E-state index in [1.807, 2.05) is 0 Å². The highest BCUT2D eigenvalue weighted by atomic mass is 32.2. The van der Waals surface area contributed by atoms with Gasteiger partial charge in [-0.3, -0.25) is 4.18 Å². The maximum absolute atomic E-state index is 12.2. The molecule has 0 bridgehead atoms. The Bertz CT molecular complexity index is 496. The summed E-state index contributed by atoms with van der Waals surface area (Å²) in [5.74, 6) is 0. The van der Waals surface area contributed by atoms with Gasteiger partial charge in [-0.2, -0.15) is 21.6 Å². The van der Waals surface area contributed by atoms with Crippen molar-refractivity contribution in [3.05, 3.63) is 0 Å². The lowest BCUT2D eigenvalue weighted by atomic mass is 10.1. The van der Waals surface area contributed by atoms with E-state index in [0.717, 1.165) is 12.8 Å². The molecule has 9 heteroatoms. The molecule has 28 heavy (non-hydrogen) atoms. The molecule has 0 amide bonds. The summed E-state index contributed by atoms with van der Waals surface area (Å²) in [6, 6.07) is 0. The fourth-order valence-corrected chi connectivity index (χ4v) is 3.63. The molecule has 0 aromatic heterocycles.